The van der Waals surface area contributed by atoms with Gasteiger partial charge in [0.15, 0.2) is 17.3 Å². The molecule has 0 aliphatic heterocycles. The molecule has 1 aromatic heterocycles. The zero-order chi connectivity index (χ0) is 12.8. The number of aryl methyl sites for hydroxylation is 1. The zero-order valence-corrected chi connectivity index (χ0v) is 10.1. The average Bonchev–Trinajstić information content (AvgIpc) is 2.81. The minimum atomic E-state index is 0.210. The van der Waals surface area contributed by atoms with Crippen LogP contribution in [0, 0.1) is 19.3 Å². The predicted octanol–water partition coefficient (Wildman–Crippen LogP) is 2.57. The van der Waals surface area contributed by atoms with Crippen molar-refractivity contribution < 1.29 is 14.0 Å². The summed E-state index contributed by atoms with van der Waals surface area (Å²) in [6, 6.07) is 9.17. The summed E-state index contributed by atoms with van der Waals surface area (Å²) in [5, 5.41) is 3.79. The maximum atomic E-state index is 5.61. The Kier molecular flexibility index (Phi) is 3.87. The van der Waals surface area contributed by atoms with E-state index in [9.17, 15) is 0 Å². The van der Waals surface area contributed by atoms with Crippen LogP contribution in [0.15, 0.2) is 34.9 Å². The fourth-order valence-electron chi connectivity index (χ4n) is 1.44. The van der Waals surface area contributed by atoms with Crippen LogP contribution in [0.4, 0.5) is 0 Å². The largest absolute Gasteiger partial charge is 0.482 e. The van der Waals surface area contributed by atoms with Crippen molar-refractivity contribution in [2.75, 3.05) is 6.61 Å². The number of para-hydroxylation sites is 2. The van der Waals surface area contributed by atoms with Crippen molar-refractivity contribution in [3.8, 4) is 23.8 Å². The Morgan fingerprint density at radius 2 is 2.00 bits per heavy atom. The van der Waals surface area contributed by atoms with Crippen molar-refractivity contribution in [1.29, 1.82) is 0 Å². The molecule has 4 heteroatoms. The molecule has 0 radical (unpaired) electrons. The molecule has 2 rings (SSSR count). The second-order valence-electron chi connectivity index (χ2n) is 3.66. The van der Waals surface area contributed by atoms with Crippen LogP contribution in [-0.2, 0) is 6.61 Å². The normalized spacial score (nSPS) is 9.78. The van der Waals surface area contributed by atoms with Crippen LogP contribution in [0.2, 0.25) is 0 Å². The fourth-order valence-corrected chi connectivity index (χ4v) is 1.44. The number of hydrogen-bond acceptors (Lipinski definition) is 4. The van der Waals surface area contributed by atoms with Gasteiger partial charge < -0.3 is 14.0 Å². The summed E-state index contributed by atoms with van der Waals surface area (Å²) in [5.74, 6) is 4.32. The highest BCUT2D eigenvalue weighted by Crippen LogP contribution is 2.27. The molecule has 0 spiro atoms. The molecule has 18 heavy (non-hydrogen) atoms. The van der Waals surface area contributed by atoms with Crippen LogP contribution >= 0.6 is 0 Å². The van der Waals surface area contributed by atoms with Gasteiger partial charge >= 0.3 is 0 Å². The Balaban J connectivity index is 2.02. The molecule has 0 aliphatic rings. The van der Waals surface area contributed by atoms with Crippen LogP contribution in [0.5, 0.6) is 11.5 Å². The first-order chi connectivity index (χ1) is 8.79. The van der Waals surface area contributed by atoms with Crippen molar-refractivity contribution in [2.24, 2.45) is 0 Å². The van der Waals surface area contributed by atoms with Crippen molar-refractivity contribution in [3.63, 3.8) is 0 Å². The van der Waals surface area contributed by atoms with E-state index in [0.717, 1.165) is 5.69 Å². The topological polar surface area (TPSA) is 44.5 Å². The second-order valence-corrected chi connectivity index (χ2v) is 3.66. The first-order valence-electron chi connectivity index (χ1n) is 5.50. The predicted molar refractivity (Wildman–Crippen MR) is 66.3 cm³/mol. The Bertz CT molecular complexity index is 554. The monoisotopic (exact) mass is 243 g/mol. The minimum absolute atomic E-state index is 0.210. The van der Waals surface area contributed by atoms with Gasteiger partial charge in [0.2, 0.25) is 0 Å². The van der Waals surface area contributed by atoms with E-state index >= 15 is 0 Å². The Morgan fingerprint density at radius 1 is 1.28 bits per heavy atom. The molecular weight excluding hydrogens is 230 g/mol. The van der Waals surface area contributed by atoms with E-state index in [4.69, 9.17) is 20.4 Å². The van der Waals surface area contributed by atoms with Gasteiger partial charge in [-0.3, -0.25) is 0 Å². The molecular formula is C14H13NO3. The highest BCUT2D eigenvalue weighted by molar-refractivity contribution is 5.39. The third-order valence-corrected chi connectivity index (χ3v) is 2.21. The van der Waals surface area contributed by atoms with E-state index in [1.54, 1.807) is 6.07 Å². The number of aromatic nitrogens is 1. The smallest absolute Gasteiger partial charge is 0.174 e. The maximum Gasteiger partial charge on any atom is 0.174 e. The number of terminal acetylenes is 1. The molecule has 92 valence electrons. The van der Waals surface area contributed by atoms with Crippen LogP contribution in [-0.4, -0.2) is 11.8 Å². The SMILES string of the molecule is C#CCOc1ccccc1OCc1cc(C)no1. The standard InChI is InChI=1S/C14H13NO3/c1-3-8-16-13-6-4-5-7-14(13)17-10-12-9-11(2)15-18-12/h1,4-7,9H,8,10H2,2H3. The second kappa shape index (κ2) is 5.78. The van der Waals surface area contributed by atoms with Gasteiger partial charge in [0.25, 0.3) is 0 Å². The molecule has 0 saturated carbocycles. The molecule has 2 aromatic rings. The lowest BCUT2D eigenvalue weighted by Gasteiger charge is -2.09. The van der Waals surface area contributed by atoms with E-state index in [0.29, 0.717) is 23.9 Å². The molecule has 0 saturated heterocycles. The van der Waals surface area contributed by atoms with Gasteiger partial charge in [-0.2, -0.15) is 0 Å². The van der Waals surface area contributed by atoms with E-state index in [1.165, 1.54) is 0 Å². The lowest BCUT2D eigenvalue weighted by Crippen LogP contribution is -1.99. The van der Waals surface area contributed by atoms with Crippen LogP contribution < -0.4 is 9.47 Å². The first kappa shape index (κ1) is 12.1. The van der Waals surface area contributed by atoms with Gasteiger partial charge in [-0.05, 0) is 19.1 Å². The van der Waals surface area contributed by atoms with E-state index in [1.807, 2.05) is 31.2 Å². The van der Waals surface area contributed by atoms with Crippen molar-refractivity contribution in [2.45, 2.75) is 13.5 Å². The summed E-state index contributed by atoms with van der Waals surface area (Å²) in [7, 11) is 0. The van der Waals surface area contributed by atoms with E-state index in [-0.39, 0.29) is 6.61 Å². The highest BCUT2D eigenvalue weighted by Gasteiger charge is 2.06. The van der Waals surface area contributed by atoms with Crippen LogP contribution in [0.1, 0.15) is 11.5 Å². The third kappa shape index (κ3) is 3.05. The first-order valence-corrected chi connectivity index (χ1v) is 5.50. The van der Waals surface area contributed by atoms with Gasteiger partial charge in [-0.25, -0.2) is 0 Å². The number of nitrogens with zero attached hydrogens (tertiary/aromatic N) is 1. The zero-order valence-electron chi connectivity index (χ0n) is 10.1. The number of ether oxygens (including phenoxy) is 2. The molecule has 0 fully saturated rings. The number of hydrogen-bond donors (Lipinski definition) is 0. The van der Waals surface area contributed by atoms with Crippen LogP contribution in [0.3, 0.4) is 0 Å². The van der Waals surface area contributed by atoms with Gasteiger partial charge in [0, 0.05) is 6.07 Å². The van der Waals surface area contributed by atoms with Crippen LogP contribution in [0.25, 0.3) is 0 Å². The lowest BCUT2D eigenvalue weighted by molar-refractivity contribution is 0.236. The molecule has 4 nitrogen and oxygen atoms in total. The number of benzene rings is 1. The molecule has 0 amide bonds. The number of rotatable bonds is 5. The van der Waals surface area contributed by atoms with Crippen molar-refractivity contribution in [1.82, 2.24) is 5.16 Å². The van der Waals surface area contributed by atoms with E-state index < -0.39 is 0 Å². The molecule has 1 aromatic carbocycles. The molecule has 0 atom stereocenters. The summed E-state index contributed by atoms with van der Waals surface area (Å²) < 4.78 is 16.0. The van der Waals surface area contributed by atoms with Gasteiger partial charge in [0.05, 0.1) is 5.69 Å². The molecule has 0 unspecified atom stereocenters. The lowest BCUT2D eigenvalue weighted by atomic mass is 10.3. The molecule has 0 N–H and O–H groups in total. The summed E-state index contributed by atoms with van der Waals surface area (Å²) >= 11 is 0. The molecule has 0 aliphatic carbocycles. The third-order valence-electron chi connectivity index (χ3n) is 2.21. The maximum absolute atomic E-state index is 5.61. The average molecular weight is 243 g/mol. The summed E-state index contributed by atoms with van der Waals surface area (Å²) in [6.07, 6.45) is 5.16. The Labute approximate surface area is 106 Å². The molecule has 1 heterocycles. The summed E-state index contributed by atoms with van der Waals surface area (Å²) in [4.78, 5) is 0. The van der Waals surface area contributed by atoms with E-state index in [2.05, 4.69) is 11.1 Å². The molecule has 0 bridgehead atoms. The summed E-state index contributed by atoms with van der Waals surface area (Å²) in [5.41, 5.74) is 0.825. The highest BCUT2D eigenvalue weighted by atomic mass is 16.5. The van der Waals surface area contributed by atoms with Gasteiger partial charge in [0.1, 0.15) is 13.2 Å². The summed E-state index contributed by atoms with van der Waals surface area (Å²) in [6.45, 7) is 2.37. The fraction of sp³-hybridized carbons (Fsp3) is 0.214. The minimum Gasteiger partial charge on any atom is -0.482 e. The Hall–Kier alpha value is -2.41. The van der Waals surface area contributed by atoms with Crippen molar-refractivity contribution in [3.05, 3.63) is 41.8 Å². The Morgan fingerprint density at radius 3 is 2.61 bits per heavy atom. The van der Waals surface area contributed by atoms with Crippen molar-refractivity contribution >= 4 is 0 Å². The quantitative estimate of drug-likeness (QED) is 0.757. The van der Waals surface area contributed by atoms with Gasteiger partial charge in [-0.1, -0.05) is 23.2 Å². The van der Waals surface area contributed by atoms with Gasteiger partial charge in [-0.15, -0.1) is 6.42 Å².